The highest BCUT2D eigenvalue weighted by Crippen LogP contribution is 2.30. The predicted octanol–water partition coefficient (Wildman–Crippen LogP) is 4.90. The van der Waals surface area contributed by atoms with E-state index in [9.17, 15) is 13.2 Å². The molecular weight excluding hydrogens is 301 g/mol. The molecule has 23 heavy (non-hydrogen) atoms. The Hall–Kier alpha value is -1.88. The van der Waals surface area contributed by atoms with Crippen molar-refractivity contribution in [3.8, 4) is 11.3 Å². The summed E-state index contributed by atoms with van der Waals surface area (Å²) in [4.78, 5) is 4.51. The highest BCUT2D eigenvalue weighted by atomic mass is 19.4. The average molecular weight is 322 g/mol. The molecule has 0 fully saturated rings. The second-order valence-corrected chi connectivity index (χ2v) is 6.75. The van der Waals surface area contributed by atoms with Gasteiger partial charge in [0.1, 0.15) is 0 Å². The minimum Gasteiger partial charge on any atom is -0.311 e. The molecule has 124 valence electrons. The van der Waals surface area contributed by atoms with Crippen molar-refractivity contribution in [2.45, 2.75) is 33.5 Å². The van der Waals surface area contributed by atoms with Crippen LogP contribution in [0.25, 0.3) is 11.3 Å². The van der Waals surface area contributed by atoms with Crippen molar-refractivity contribution in [2.24, 2.45) is 5.41 Å². The lowest BCUT2D eigenvalue weighted by atomic mass is 9.97. The maximum Gasteiger partial charge on any atom is 0.416 e. The lowest BCUT2D eigenvalue weighted by molar-refractivity contribution is -0.137. The van der Waals surface area contributed by atoms with Crippen LogP contribution in [0, 0.1) is 5.41 Å². The Bertz CT molecular complexity index is 641. The number of nitrogens with one attached hydrogen (secondary N) is 1. The van der Waals surface area contributed by atoms with Crippen LogP contribution in [0.15, 0.2) is 42.5 Å². The van der Waals surface area contributed by atoms with Gasteiger partial charge in [0.2, 0.25) is 0 Å². The monoisotopic (exact) mass is 322 g/mol. The van der Waals surface area contributed by atoms with E-state index in [0.29, 0.717) is 17.8 Å². The highest BCUT2D eigenvalue weighted by molar-refractivity contribution is 5.59. The van der Waals surface area contributed by atoms with E-state index in [4.69, 9.17) is 0 Å². The van der Waals surface area contributed by atoms with Gasteiger partial charge in [-0.15, -0.1) is 0 Å². The molecule has 1 N–H and O–H groups in total. The molecule has 0 aliphatic rings. The minimum absolute atomic E-state index is 0.186. The Morgan fingerprint density at radius 1 is 0.957 bits per heavy atom. The van der Waals surface area contributed by atoms with E-state index in [1.165, 1.54) is 12.1 Å². The van der Waals surface area contributed by atoms with E-state index in [2.05, 4.69) is 31.1 Å². The van der Waals surface area contributed by atoms with E-state index >= 15 is 0 Å². The molecular formula is C18H21F3N2. The molecule has 0 atom stereocenters. The standard InChI is InChI=1S/C18H21F3N2/c1-17(2,3)12-22-11-15-5-4-6-16(23-15)13-7-9-14(10-8-13)18(19,20)21/h4-10,22H,11-12H2,1-3H3. The van der Waals surface area contributed by atoms with Crippen LogP contribution < -0.4 is 5.32 Å². The number of aromatic nitrogens is 1. The molecule has 5 heteroatoms. The van der Waals surface area contributed by atoms with E-state index in [1.807, 2.05) is 12.1 Å². The lowest BCUT2D eigenvalue weighted by Crippen LogP contribution is -2.26. The van der Waals surface area contributed by atoms with Crippen LogP contribution in [0.5, 0.6) is 0 Å². The summed E-state index contributed by atoms with van der Waals surface area (Å²) in [5.74, 6) is 0. The normalized spacial score (nSPS) is 12.4. The van der Waals surface area contributed by atoms with Crippen molar-refractivity contribution in [1.82, 2.24) is 10.3 Å². The molecule has 0 spiro atoms. The van der Waals surface area contributed by atoms with E-state index < -0.39 is 11.7 Å². The maximum absolute atomic E-state index is 12.6. The SMILES string of the molecule is CC(C)(C)CNCc1cccc(-c2ccc(C(F)(F)F)cc2)n1. The van der Waals surface area contributed by atoms with Crippen LogP contribution in [0.3, 0.4) is 0 Å². The predicted molar refractivity (Wildman–Crippen MR) is 85.8 cm³/mol. The largest absolute Gasteiger partial charge is 0.416 e. The lowest BCUT2D eigenvalue weighted by Gasteiger charge is -2.18. The van der Waals surface area contributed by atoms with Crippen LogP contribution in [0.4, 0.5) is 13.2 Å². The Labute approximate surface area is 134 Å². The van der Waals surface area contributed by atoms with Gasteiger partial charge < -0.3 is 5.32 Å². The Morgan fingerprint density at radius 2 is 1.61 bits per heavy atom. The molecule has 0 saturated heterocycles. The molecule has 2 rings (SSSR count). The van der Waals surface area contributed by atoms with Gasteiger partial charge in [0, 0.05) is 18.7 Å². The van der Waals surface area contributed by atoms with Crippen LogP contribution in [0.2, 0.25) is 0 Å². The smallest absolute Gasteiger partial charge is 0.311 e. The molecule has 0 unspecified atom stereocenters. The first-order valence-electron chi connectivity index (χ1n) is 7.49. The number of rotatable bonds is 4. The topological polar surface area (TPSA) is 24.9 Å². The number of alkyl halides is 3. The van der Waals surface area contributed by atoms with Gasteiger partial charge in [0.15, 0.2) is 0 Å². The summed E-state index contributed by atoms with van der Waals surface area (Å²) in [5, 5.41) is 3.34. The Kier molecular flexibility index (Phi) is 5.09. The molecule has 2 aromatic rings. The van der Waals surface area contributed by atoms with Gasteiger partial charge in [-0.1, -0.05) is 39.0 Å². The first kappa shape index (κ1) is 17.5. The molecule has 1 heterocycles. The average Bonchev–Trinajstić information content (AvgIpc) is 2.45. The number of hydrogen-bond donors (Lipinski definition) is 1. The molecule has 1 aromatic heterocycles. The summed E-state index contributed by atoms with van der Waals surface area (Å²) >= 11 is 0. The Morgan fingerprint density at radius 3 is 2.17 bits per heavy atom. The summed E-state index contributed by atoms with van der Waals surface area (Å²) in [6.45, 7) is 7.93. The van der Waals surface area contributed by atoms with Gasteiger partial charge in [0.25, 0.3) is 0 Å². The van der Waals surface area contributed by atoms with E-state index in [0.717, 1.165) is 24.4 Å². The van der Waals surface area contributed by atoms with Crippen LogP contribution in [-0.2, 0) is 12.7 Å². The molecule has 1 aromatic carbocycles. The van der Waals surface area contributed by atoms with Crippen molar-refractivity contribution in [1.29, 1.82) is 0 Å². The second kappa shape index (κ2) is 6.71. The summed E-state index contributed by atoms with van der Waals surface area (Å²) < 4.78 is 37.8. The fraction of sp³-hybridized carbons (Fsp3) is 0.389. The summed E-state index contributed by atoms with van der Waals surface area (Å²) in [6, 6.07) is 10.7. The second-order valence-electron chi connectivity index (χ2n) is 6.75. The number of halogens is 3. The van der Waals surface area contributed by atoms with Crippen molar-refractivity contribution in [3.05, 3.63) is 53.7 Å². The zero-order valence-electron chi connectivity index (χ0n) is 13.5. The summed E-state index contributed by atoms with van der Waals surface area (Å²) in [7, 11) is 0. The summed E-state index contributed by atoms with van der Waals surface area (Å²) in [5.41, 5.74) is 1.76. The molecule has 0 amide bonds. The third kappa shape index (κ3) is 5.36. The van der Waals surface area contributed by atoms with Crippen molar-refractivity contribution in [2.75, 3.05) is 6.54 Å². The number of benzene rings is 1. The Balaban J connectivity index is 2.10. The van der Waals surface area contributed by atoms with Gasteiger partial charge in [-0.25, -0.2) is 0 Å². The fourth-order valence-electron chi connectivity index (χ4n) is 2.13. The van der Waals surface area contributed by atoms with E-state index in [-0.39, 0.29) is 5.41 Å². The van der Waals surface area contributed by atoms with E-state index in [1.54, 1.807) is 6.07 Å². The number of nitrogens with zero attached hydrogens (tertiary/aromatic N) is 1. The van der Waals surface area contributed by atoms with Gasteiger partial charge >= 0.3 is 6.18 Å². The molecule has 0 saturated carbocycles. The van der Waals surface area contributed by atoms with Crippen molar-refractivity contribution < 1.29 is 13.2 Å². The van der Waals surface area contributed by atoms with Gasteiger partial charge in [-0.3, -0.25) is 4.98 Å². The highest BCUT2D eigenvalue weighted by Gasteiger charge is 2.29. The quantitative estimate of drug-likeness (QED) is 0.866. The van der Waals surface area contributed by atoms with Crippen molar-refractivity contribution in [3.63, 3.8) is 0 Å². The van der Waals surface area contributed by atoms with Gasteiger partial charge in [-0.05, 0) is 29.7 Å². The molecule has 0 aliphatic carbocycles. The minimum atomic E-state index is -4.31. The zero-order valence-corrected chi connectivity index (χ0v) is 13.5. The molecule has 0 aliphatic heterocycles. The van der Waals surface area contributed by atoms with Gasteiger partial charge in [-0.2, -0.15) is 13.2 Å². The third-order valence-corrected chi connectivity index (χ3v) is 3.28. The zero-order chi connectivity index (χ0) is 17.1. The van der Waals surface area contributed by atoms with Crippen LogP contribution in [0.1, 0.15) is 32.0 Å². The maximum atomic E-state index is 12.6. The first-order chi connectivity index (χ1) is 10.6. The summed E-state index contributed by atoms with van der Waals surface area (Å²) in [6.07, 6.45) is -4.31. The fourth-order valence-corrected chi connectivity index (χ4v) is 2.13. The number of hydrogen-bond acceptors (Lipinski definition) is 2. The molecule has 0 bridgehead atoms. The van der Waals surface area contributed by atoms with Crippen LogP contribution >= 0.6 is 0 Å². The molecule has 0 radical (unpaired) electrons. The van der Waals surface area contributed by atoms with Crippen molar-refractivity contribution >= 4 is 0 Å². The van der Waals surface area contributed by atoms with Crippen LogP contribution in [-0.4, -0.2) is 11.5 Å². The van der Waals surface area contributed by atoms with Gasteiger partial charge in [0.05, 0.1) is 17.0 Å². The third-order valence-electron chi connectivity index (χ3n) is 3.28. The first-order valence-corrected chi connectivity index (χ1v) is 7.49. The number of pyridine rings is 1. The molecule has 2 nitrogen and oxygen atoms in total.